The zero-order valence-electron chi connectivity index (χ0n) is 17.2. The first-order valence-corrected chi connectivity index (χ1v) is 11.2. The lowest BCUT2D eigenvalue weighted by molar-refractivity contribution is -0.155. The summed E-state index contributed by atoms with van der Waals surface area (Å²) in [5, 5.41) is 2.94. The number of ether oxygens (including phenoxy) is 1. The van der Waals surface area contributed by atoms with Gasteiger partial charge in [0.15, 0.2) is 6.10 Å². The Bertz CT molecular complexity index is 828. The first-order valence-electron chi connectivity index (χ1n) is 9.74. The SMILES string of the molecule is C[C@@H]1[C@@H](C)CCC[C@H]1NC(=O)[C@@H](C)OC(=O)CN(C)S(=O)(=O)c1ccc(F)cc1. The number of nitrogens with zero attached hydrogens (tertiary/aromatic N) is 1. The highest BCUT2D eigenvalue weighted by molar-refractivity contribution is 7.89. The van der Waals surface area contributed by atoms with E-state index in [4.69, 9.17) is 4.74 Å². The van der Waals surface area contributed by atoms with Crippen LogP contribution in [-0.4, -0.2) is 50.3 Å². The van der Waals surface area contributed by atoms with Crippen LogP contribution >= 0.6 is 0 Å². The standard InChI is InChI=1S/C20H29FN2O5S/c1-13-6-5-7-18(14(13)2)22-20(25)15(3)28-19(24)12-23(4)29(26,27)17-10-8-16(21)9-11-17/h8-11,13-15,18H,5-7,12H2,1-4H3,(H,22,25)/t13-,14+,15+,18+/m0/s1. The number of hydrogen-bond acceptors (Lipinski definition) is 5. The molecule has 0 bridgehead atoms. The Hall–Kier alpha value is -2.00. The highest BCUT2D eigenvalue weighted by atomic mass is 32.2. The molecule has 1 aromatic carbocycles. The number of esters is 1. The molecule has 0 aromatic heterocycles. The summed E-state index contributed by atoms with van der Waals surface area (Å²) in [4.78, 5) is 24.4. The van der Waals surface area contributed by atoms with Gasteiger partial charge in [-0.05, 0) is 49.4 Å². The van der Waals surface area contributed by atoms with Crippen LogP contribution in [0.1, 0.15) is 40.0 Å². The molecule has 29 heavy (non-hydrogen) atoms. The Balaban J connectivity index is 1.90. The van der Waals surface area contributed by atoms with Crippen molar-refractivity contribution in [3.8, 4) is 0 Å². The van der Waals surface area contributed by atoms with Crippen molar-refractivity contribution in [1.29, 1.82) is 0 Å². The number of amides is 1. The quantitative estimate of drug-likeness (QED) is 0.673. The number of halogens is 1. The maximum Gasteiger partial charge on any atom is 0.322 e. The van der Waals surface area contributed by atoms with Gasteiger partial charge in [-0.3, -0.25) is 9.59 Å². The lowest BCUT2D eigenvalue weighted by atomic mass is 9.78. The van der Waals surface area contributed by atoms with Crippen molar-refractivity contribution in [1.82, 2.24) is 9.62 Å². The third-order valence-electron chi connectivity index (χ3n) is 5.59. The lowest BCUT2D eigenvalue weighted by Gasteiger charge is -2.35. The van der Waals surface area contributed by atoms with Crippen LogP contribution in [0.25, 0.3) is 0 Å². The monoisotopic (exact) mass is 428 g/mol. The molecule has 1 N–H and O–H groups in total. The van der Waals surface area contributed by atoms with Crippen LogP contribution in [0.3, 0.4) is 0 Å². The fourth-order valence-corrected chi connectivity index (χ4v) is 4.54. The fourth-order valence-electron chi connectivity index (χ4n) is 3.43. The van der Waals surface area contributed by atoms with E-state index in [9.17, 15) is 22.4 Å². The molecule has 1 fully saturated rings. The van der Waals surface area contributed by atoms with Crippen LogP contribution in [0.2, 0.25) is 0 Å². The van der Waals surface area contributed by atoms with Crippen LogP contribution in [0.5, 0.6) is 0 Å². The maximum absolute atomic E-state index is 13.0. The van der Waals surface area contributed by atoms with Gasteiger partial charge in [0.25, 0.3) is 5.91 Å². The summed E-state index contributed by atoms with van der Waals surface area (Å²) in [7, 11) is -2.76. The molecule has 0 unspecified atom stereocenters. The Morgan fingerprint density at radius 1 is 1.24 bits per heavy atom. The summed E-state index contributed by atoms with van der Waals surface area (Å²) >= 11 is 0. The Kier molecular flexibility index (Phi) is 7.76. The van der Waals surface area contributed by atoms with Crippen LogP contribution in [0.4, 0.5) is 4.39 Å². The molecule has 4 atom stereocenters. The predicted molar refractivity (Wildman–Crippen MR) is 106 cm³/mol. The van der Waals surface area contributed by atoms with Crippen molar-refractivity contribution in [2.45, 2.75) is 57.1 Å². The smallest absolute Gasteiger partial charge is 0.322 e. The molecule has 1 aliphatic carbocycles. The number of benzene rings is 1. The molecule has 2 rings (SSSR count). The van der Waals surface area contributed by atoms with Crippen LogP contribution in [0, 0.1) is 17.7 Å². The maximum atomic E-state index is 13.0. The van der Waals surface area contributed by atoms with Crippen molar-refractivity contribution in [3.05, 3.63) is 30.1 Å². The summed E-state index contributed by atoms with van der Waals surface area (Å²) in [6.07, 6.45) is 2.02. The number of likely N-dealkylation sites (N-methyl/N-ethyl adjacent to an activating group) is 1. The van der Waals surface area contributed by atoms with E-state index in [1.165, 1.54) is 14.0 Å². The van der Waals surface area contributed by atoms with E-state index in [0.717, 1.165) is 47.8 Å². The number of nitrogens with one attached hydrogen (secondary N) is 1. The summed E-state index contributed by atoms with van der Waals surface area (Å²) < 4.78 is 43.8. The van der Waals surface area contributed by atoms with E-state index < -0.39 is 40.4 Å². The summed E-state index contributed by atoms with van der Waals surface area (Å²) in [5.41, 5.74) is 0. The molecule has 0 aliphatic heterocycles. The van der Waals surface area contributed by atoms with Crippen LogP contribution in [-0.2, 0) is 24.3 Å². The molecule has 7 nitrogen and oxygen atoms in total. The number of rotatable bonds is 7. The number of sulfonamides is 1. The summed E-state index contributed by atoms with van der Waals surface area (Å²) in [5.74, 6) is -0.952. The molecule has 162 valence electrons. The second-order valence-electron chi connectivity index (χ2n) is 7.73. The molecule has 1 aromatic rings. The van der Waals surface area contributed by atoms with Crippen molar-refractivity contribution in [3.63, 3.8) is 0 Å². The molecule has 1 amide bonds. The Labute approximate surface area is 171 Å². The average Bonchev–Trinajstić information content (AvgIpc) is 2.65. The minimum Gasteiger partial charge on any atom is -0.452 e. The highest BCUT2D eigenvalue weighted by Gasteiger charge is 2.31. The number of carbonyl (C=O) groups is 2. The Morgan fingerprint density at radius 2 is 1.86 bits per heavy atom. The van der Waals surface area contributed by atoms with Gasteiger partial charge in [0, 0.05) is 13.1 Å². The van der Waals surface area contributed by atoms with Crippen LogP contribution in [0.15, 0.2) is 29.2 Å². The third-order valence-corrected chi connectivity index (χ3v) is 7.40. The molecule has 0 spiro atoms. The molecular formula is C20H29FN2O5S. The van der Waals surface area contributed by atoms with Gasteiger partial charge in [-0.25, -0.2) is 12.8 Å². The van der Waals surface area contributed by atoms with E-state index in [0.29, 0.717) is 11.8 Å². The van der Waals surface area contributed by atoms with Crippen molar-refractivity contribution in [2.24, 2.45) is 11.8 Å². The minimum atomic E-state index is -3.98. The first-order chi connectivity index (χ1) is 13.5. The lowest BCUT2D eigenvalue weighted by Crippen LogP contribution is -2.48. The van der Waals surface area contributed by atoms with E-state index >= 15 is 0 Å². The molecule has 0 radical (unpaired) electrons. The van der Waals surface area contributed by atoms with E-state index in [1.807, 2.05) is 0 Å². The number of hydrogen-bond donors (Lipinski definition) is 1. The first kappa shape index (κ1) is 23.3. The zero-order valence-corrected chi connectivity index (χ0v) is 18.0. The van der Waals surface area contributed by atoms with Crippen molar-refractivity contribution in [2.75, 3.05) is 13.6 Å². The van der Waals surface area contributed by atoms with Gasteiger partial charge in [-0.2, -0.15) is 4.31 Å². The molecule has 1 aliphatic rings. The van der Waals surface area contributed by atoms with Crippen molar-refractivity contribution < 1.29 is 27.1 Å². The van der Waals surface area contributed by atoms with E-state index in [-0.39, 0.29) is 10.9 Å². The second kappa shape index (κ2) is 9.67. The van der Waals surface area contributed by atoms with Crippen molar-refractivity contribution >= 4 is 21.9 Å². The largest absolute Gasteiger partial charge is 0.452 e. The molecule has 0 saturated heterocycles. The average molecular weight is 429 g/mol. The fraction of sp³-hybridized carbons (Fsp3) is 0.600. The van der Waals surface area contributed by atoms with Gasteiger partial charge in [0.1, 0.15) is 12.4 Å². The van der Waals surface area contributed by atoms with Crippen LogP contribution < -0.4 is 5.32 Å². The van der Waals surface area contributed by atoms with Gasteiger partial charge in [0.2, 0.25) is 10.0 Å². The highest BCUT2D eigenvalue weighted by Crippen LogP contribution is 2.29. The molecule has 0 heterocycles. The predicted octanol–water partition coefficient (Wildman–Crippen LogP) is 2.32. The molecular weight excluding hydrogens is 399 g/mol. The Morgan fingerprint density at radius 3 is 2.48 bits per heavy atom. The summed E-state index contributed by atoms with van der Waals surface area (Å²) in [6.45, 7) is 5.15. The van der Waals surface area contributed by atoms with E-state index in [2.05, 4.69) is 19.2 Å². The molecule has 1 saturated carbocycles. The zero-order chi connectivity index (χ0) is 21.8. The van der Waals surface area contributed by atoms with Gasteiger partial charge in [-0.1, -0.05) is 26.7 Å². The van der Waals surface area contributed by atoms with Gasteiger partial charge < -0.3 is 10.1 Å². The normalized spacial score (nSPS) is 23.4. The third kappa shape index (κ3) is 5.99. The number of carbonyl (C=O) groups excluding carboxylic acids is 2. The van der Waals surface area contributed by atoms with Gasteiger partial charge >= 0.3 is 5.97 Å². The second-order valence-corrected chi connectivity index (χ2v) is 9.77. The topological polar surface area (TPSA) is 92.8 Å². The molecule has 9 heteroatoms. The minimum absolute atomic E-state index is 0.0360. The van der Waals surface area contributed by atoms with Gasteiger partial charge in [0.05, 0.1) is 4.90 Å². The summed E-state index contributed by atoms with van der Waals surface area (Å²) in [6, 6.07) is 4.33. The van der Waals surface area contributed by atoms with E-state index in [1.54, 1.807) is 0 Å². The van der Waals surface area contributed by atoms with Gasteiger partial charge in [-0.15, -0.1) is 0 Å².